The van der Waals surface area contributed by atoms with E-state index in [1.807, 2.05) is 0 Å². The van der Waals surface area contributed by atoms with Gasteiger partial charge in [0, 0.05) is 19.2 Å². The van der Waals surface area contributed by atoms with Gasteiger partial charge in [0.1, 0.15) is 11.6 Å². The highest BCUT2D eigenvalue weighted by Crippen LogP contribution is 2.24. The number of anilines is 1. The molecule has 0 fully saturated rings. The third-order valence-corrected chi connectivity index (χ3v) is 3.23. The third-order valence-electron chi connectivity index (χ3n) is 3.23. The van der Waals surface area contributed by atoms with Crippen LogP contribution in [0.15, 0.2) is 42.5 Å². The minimum Gasteiger partial charge on any atom is -0.389 e. The predicted molar refractivity (Wildman–Crippen MR) is 75.5 cm³/mol. The first kappa shape index (κ1) is 14.5. The predicted octanol–water partition coefficient (Wildman–Crippen LogP) is 3.65. The van der Waals surface area contributed by atoms with E-state index in [-0.39, 0.29) is 12.4 Å². The van der Waals surface area contributed by atoms with Gasteiger partial charge in [-0.3, -0.25) is 0 Å². The van der Waals surface area contributed by atoms with Gasteiger partial charge in [-0.25, -0.2) is 8.78 Å². The van der Waals surface area contributed by atoms with Crippen molar-refractivity contribution in [3.8, 4) is 0 Å². The molecule has 0 unspecified atom stereocenters. The smallest absolute Gasteiger partial charge is 0.146 e. The lowest BCUT2D eigenvalue weighted by atomic mass is 10.1. The molecule has 0 aliphatic rings. The molecule has 20 heavy (non-hydrogen) atoms. The van der Waals surface area contributed by atoms with Crippen LogP contribution in [0.5, 0.6) is 0 Å². The van der Waals surface area contributed by atoms with E-state index in [4.69, 9.17) is 0 Å². The van der Waals surface area contributed by atoms with E-state index in [1.165, 1.54) is 12.1 Å². The van der Waals surface area contributed by atoms with Crippen LogP contribution in [0.2, 0.25) is 0 Å². The molecule has 2 rings (SSSR count). The summed E-state index contributed by atoms with van der Waals surface area (Å²) in [4.78, 5) is 1.64. The highest BCUT2D eigenvalue weighted by molar-refractivity contribution is 5.49. The Labute approximate surface area is 117 Å². The van der Waals surface area contributed by atoms with Crippen molar-refractivity contribution in [2.24, 2.45) is 0 Å². The van der Waals surface area contributed by atoms with Gasteiger partial charge in [0.15, 0.2) is 0 Å². The van der Waals surface area contributed by atoms with Crippen LogP contribution in [-0.2, 0) is 6.54 Å². The molecular weight excluding hydrogens is 260 g/mol. The zero-order chi connectivity index (χ0) is 14.7. The van der Waals surface area contributed by atoms with E-state index >= 15 is 0 Å². The molecule has 2 aromatic carbocycles. The Hall–Kier alpha value is -1.94. The number of hydrogen-bond acceptors (Lipinski definition) is 2. The van der Waals surface area contributed by atoms with Crippen LogP contribution in [0, 0.1) is 11.6 Å². The molecule has 0 aliphatic heterocycles. The zero-order valence-electron chi connectivity index (χ0n) is 11.5. The lowest BCUT2D eigenvalue weighted by molar-refractivity contribution is 0.199. The maximum Gasteiger partial charge on any atom is 0.146 e. The van der Waals surface area contributed by atoms with E-state index < -0.39 is 11.9 Å². The van der Waals surface area contributed by atoms with Crippen LogP contribution in [0.3, 0.4) is 0 Å². The van der Waals surface area contributed by atoms with Gasteiger partial charge in [0.2, 0.25) is 0 Å². The third kappa shape index (κ3) is 3.14. The van der Waals surface area contributed by atoms with E-state index in [0.717, 1.165) is 0 Å². The summed E-state index contributed by atoms with van der Waals surface area (Å²) in [5.41, 5.74) is 1.40. The molecule has 106 valence electrons. The van der Waals surface area contributed by atoms with Crippen molar-refractivity contribution in [1.29, 1.82) is 0 Å². The summed E-state index contributed by atoms with van der Waals surface area (Å²) in [6.45, 7) is 1.86. The minimum atomic E-state index is -0.713. The van der Waals surface area contributed by atoms with Crippen molar-refractivity contribution in [1.82, 2.24) is 0 Å². The molecule has 0 aliphatic carbocycles. The second kappa shape index (κ2) is 6.01. The Morgan fingerprint density at radius 3 is 2.40 bits per heavy atom. The van der Waals surface area contributed by atoms with Crippen LogP contribution in [-0.4, -0.2) is 12.2 Å². The van der Waals surface area contributed by atoms with Gasteiger partial charge in [-0.15, -0.1) is 0 Å². The molecule has 1 atom stereocenters. The molecular formula is C16H17F2NO. The SMILES string of the molecule is C[C@@H](O)c1ccc(N(C)Cc2ccccc2F)c(F)c1. The van der Waals surface area contributed by atoms with E-state index in [0.29, 0.717) is 16.8 Å². The summed E-state index contributed by atoms with van der Waals surface area (Å²) in [7, 11) is 1.70. The molecule has 0 saturated heterocycles. The topological polar surface area (TPSA) is 23.5 Å². The van der Waals surface area contributed by atoms with Crippen LogP contribution in [0.1, 0.15) is 24.2 Å². The number of halogens is 2. The molecule has 1 N–H and O–H groups in total. The van der Waals surface area contributed by atoms with Crippen molar-refractivity contribution in [2.45, 2.75) is 19.6 Å². The number of aliphatic hydroxyl groups excluding tert-OH is 1. The first-order valence-electron chi connectivity index (χ1n) is 6.41. The zero-order valence-corrected chi connectivity index (χ0v) is 11.5. The summed E-state index contributed by atoms with van der Waals surface area (Å²) in [5, 5.41) is 9.42. The van der Waals surface area contributed by atoms with Crippen molar-refractivity contribution in [3.05, 3.63) is 65.2 Å². The largest absolute Gasteiger partial charge is 0.389 e. The average molecular weight is 277 g/mol. The normalized spacial score (nSPS) is 12.2. The maximum absolute atomic E-state index is 14.0. The first-order valence-corrected chi connectivity index (χ1v) is 6.41. The molecule has 4 heteroatoms. The van der Waals surface area contributed by atoms with Crippen LogP contribution < -0.4 is 4.90 Å². The molecule has 2 nitrogen and oxygen atoms in total. The fourth-order valence-electron chi connectivity index (χ4n) is 2.06. The number of benzene rings is 2. The standard InChI is InChI=1S/C16H17F2NO/c1-11(20)12-7-8-16(15(18)9-12)19(2)10-13-5-3-4-6-14(13)17/h3-9,11,20H,10H2,1-2H3/t11-/m1/s1. The van der Waals surface area contributed by atoms with Crippen molar-refractivity contribution >= 4 is 5.69 Å². The van der Waals surface area contributed by atoms with Gasteiger partial charge in [-0.2, -0.15) is 0 Å². The molecule has 0 bridgehead atoms. The van der Waals surface area contributed by atoms with Gasteiger partial charge >= 0.3 is 0 Å². The minimum absolute atomic E-state index is 0.275. The Morgan fingerprint density at radius 1 is 1.10 bits per heavy atom. The molecule has 0 amide bonds. The number of aliphatic hydroxyl groups is 1. The average Bonchev–Trinajstić information content (AvgIpc) is 2.41. The van der Waals surface area contributed by atoms with Gasteiger partial charge in [-0.1, -0.05) is 24.3 Å². The van der Waals surface area contributed by atoms with Gasteiger partial charge in [0.25, 0.3) is 0 Å². The highest BCUT2D eigenvalue weighted by Gasteiger charge is 2.12. The molecule has 0 aromatic heterocycles. The van der Waals surface area contributed by atoms with E-state index in [1.54, 1.807) is 49.2 Å². The Morgan fingerprint density at radius 2 is 1.80 bits per heavy atom. The Balaban J connectivity index is 2.21. The number of nitrogens with zero attached hydrogens (tertiary/aromatic N) is 1. The van der Waals surface area contributed by atoms with Crippen LogP contribution in [0.25, 0.3) is 0 Å². The fourth-order valence-corrected chi connectivity index (χ4v) is 2.06. The van der Waals surface area contributed by atoms with Crippen molar-refractivity contribution in [3.63, 3.8) is 0 Å². The molecule has 0 radical (unpaired) electrons. The van der Waals surface area contributed by atoms with Crippen molar-refractivity contribution < 1.29 is 13.9 Å². The quantitative estimate of drug-likeness (QED) is 0.922. The van der Waals surface area contributed by atoms with E-state index in [2.05, 4.69) is 0 Å². The molecule has 0 spiro atoms. The summed E-state index contributed by atoms with van der Waals surface area (Å²) in [5.74, 6) is -0.734. The summed E-state index contributed by atoms with van der Waals surface area (Å²) in [6, 6.07) is 11.0. The van der Waals surface area contributed by atoms with Gasteiger partial charge in [0.05, 0.1) is 11.8 Å². The second-order valence-corrected chi connectivity index (χ2v) is 4.83. The van der Waals surface area contributed by atoms with Gasteiger partial charge < -0.3 is 10.0 Å². The van der Waals surface area contributed by atoms with Gasteiger partial charge in [-0.05, 0) is 30.7 Å². The summed E-state index contributed by atoms with van der Waals surface area (Å²) in [6.07, 6.45) is -0.713. The lowest BCUT2D eigenvalue weighted by Gasteiger charge is -2.21. The van der Waals surface area contributed by atoms with Crippen LogP contribution >= 0.6 is 0 Å². The summed E-state index contributed by atoms with van der Waals surface area (Å²) < 4.78 is 27.6. The van der Waals surface area contributed by atoms with Crippen LogP contribution in [0.4, 0.5) is 14.5 Å². The fraction of sp³-hybridized carbons (Fsp3) is 0.250. The monoisotopic (exact) mass is 277 g/mol. The number of rotatable bonds is 4. The summed E-state index contributed by atoms with van der Waals surface area (Å²) >= 11 is 0. The lowest BCUT2D eigenvalue weighted by Crippen LogP contribution is -2.18. The van der Waals surface area contributed by atoms with Crippen molar-refractivity contribution in [2.75, 3.05) is 11.9 Å². The first-order chi connectivity index (χ1) is 9.49. The maximum atomic E-state index is 14.0. The Bertz CT molecular complexity index is 599. The highest BCUT2D eigenvalue weighted by atomic mass is 19.1. The molecule has 0 heterocycles. The molecule has 0 saturated carbocycles. The number of hydrogen-bond donors (Lipinski definition) is 1. The second-order valence-electron chi connectivity index (χ2n) is 4.83. The Kier molecular flexibility index (Phi) is 4.35. The molecule has 2 aromatic rings. The van der Waals surface area contributed by atoms with E-state index in [9.17, 15) is 13.9 Å².